The van der Waals surface area contributed by atoms with Crippen molar-refractivity contribution < 1.29 is 9.90 Å². The van der Waals surface area contributed by atoms with Crippen LogP contribution in [-0.4, -0.2) is 11.1 Å². The molecule has 0 aliphatic carbocycles. The molecule has 0 aliphatic rings. The van der Waals surface area contributed by atoms with E-state index >= 15 is 0 Å². The fraction of sp³-hybridized carbons (Fsp3) is 0. The first-order valence-electron chi connectivity index (χ1n) is 5.40. The Balaban J connectivity index is 0.00000120. The summed E-state index contributed by atoms with van der Waals surface area (Å²) in [5.74, 6) is -0.883. The molecule has 0 unspecified atom stereocenters. The minimum absolute atomic E-state index is 0. The van der Waals surface area contributed by atoms with E-state index in [0.717, 1.165) is 21.5 Å². The lowest BCUT2D eigenvalue weighted by Gasteiger charge is -2.05. The average molecular weight is 259 g/mol. The van der Waals surface area contributed by atoms with Gasteiger partial charge in [-0.15, -0.1) is 12.4 Å². The first-order chi connectivity index (χ1) is 8.25. The third-order valence-corrected chi connectivity index (χ3v) is 2.98. The van der Waals surface area contributed by atoms with Crippen LogP contribution in [0.5, 0.6) is 0 Å². The molecule has 3 rings (SSSR count). The SMILES string of the molecule is Cl.O=C(O)c1cccc2cc3ccccc3cc12. The lowest BCUT2D eigenvalue weighted by atomic mass is 10.00. The van der Waals surface area contributed by atoms with Crippen molar-refractivity contribution in [3.05, 3.63) is 60.2 Å². The zero-order valence-electron chi connectivity index (χ0n) is 9.46. The molecule has 18 heavy (non-hydrogen) atoms. The zero-order valence-corrected chi connectivity index (χ0v) is 10.3. The molecule has 0 atom stereocenters. The standard InChI is InChI=1S/C15H10O2.ClH/c16-15(17)13-7-3-6-12-8-10-4-1-2-5-11(10)9-14(12)13;/h1-9H,(H,16,17);1H. The molecule has 0 aliphatic heterocycles. The Labute approximate surface area is 110 Å². The van der Waals surface area contributed by atoms with E-state index in [-0.39, 0.29) is 12.4 Å². The first kappa shape index (κ1) is 12.4. The van der Waals surface area contributed by atoms with E-state index in [1.165, 1.54) is 0 Å². The van der Waals surface area contributed by atoms with E-state index in [0.29, 0.717) is 5.56 Å². The highest BCUT2D eigenvalue weighted by atomic mass is 35.5. The highest BCUT2D eigenvalue weighted by Crippen LogP contribution is 2.25. The van der Waals surface area contributed by atoms with E-state index in [1.807, 2.05) is 42.5 Å². The molecule has 2 nitrogen and oxygen atoms in total. The minimum Gasteiger partial charge on any atom is -0.478 e. The molecule has 3 aromatic rings. The van der Waals surface area contributed by atoms with E-state index in [4.69, 9.17) is 5.11 Å². The Bertz CT molecular complexity index is 735. The summed E-state index contributed by atoms with van der Waals surface area (Å²) < 4.78 is 0. The Hall–Kier alpha value is -2.06. The maximum absolute atomic E-state index is 11.2. The number of hydrogen-bond acceptors (Lipinski definition) is 1. The van der Waals surface area contributed by atoms with Gasteiger partial charge in [-0.3, -0.25) is 0 Å². The second-order valence-corrected chi connectivity index (χ2v) is 4.03. The maximum Gasteiger partial charge on any atom is 0.336 e. The van der Waals surface area contributed by atoms with Gasteiger partial charge in [-0.25, -0.2) is 4.79 Å². The van der Waals surface area contributed by atoms with Crippen LogP contribution >= 0.6 is 12.4 Å². The molecule has 0 fully saturated rings. The van der Waals surface area contributed by atoms with Crippen molar-refractivity contribution in [1.29, 1.82) is 0 Å². The summed E-state index contributed by atoms with van der Waals surface area (Å²) in [5.41, 5.74) is 0.355. The Morgan fingerprint density at radius 2 is 1.44 bits per heavy atom. The fourth-order valence-corrected chi connectivity index (χ4v) is 2.15. The Morgan fingerprint density at radius 1 is 0.833 bits per heavy atom. The smallest absolute Gasteiger partial charge is 0.336 e. The topological polar surface area (TPSA) is 37.3 Å². The molecule has 90 valence electrons. The number of fused-ring (bicyclic) bond motifs is 2. The number of rotatable bonds is 1. The van der Waals surface area contributed by atoms with Gasteiger partial charge in [-0.1, -0.05) is 36.4 Å². The van der Waals surface area contributed by atoms with E-state index in [9.17, 15) is 4.79 Å². The zero-order chi connectivity index (χ0) is 11.8. The summed E-state index contributed by atoms with van der Waals surface area (Å²) in [6.07, 6.45) is 0. The van der Waals surface area contributed by atoms with Crippen LogP contribution < -0.4 is 0 Å². The molecule has 0 saturated heterocycles. The van der Waals surface area contributed by atoms with Gasteiger partial charge in [0.15, 0.2) is 0 Å². The van der Waals surface area contributed by atoms with Crippen molar-refractivity contribution in [1.82, 2.24) is 0 Å². The van der Waals surface area contributed by atoms with Crippen LogP contribution in [0.2, 0.25) is 0 Å². The van der Waals surface area contributed by atoms with Gasteiger partial charge in [0.05, 0.1) is 5.56 Å². The second-order valence-electron chi connectivity index (χ2n) is 4.03. The highest BCUT2D eigenvalue weighted by Gasteiger charge is 2.08. The number of carboxylic acid groups (broad SMARTS) is 1. The largest absolute Gasteiger partial charge is 0.478 e. The monoisotopic (exact) mass is 258 g/mol. The predicted molar refractivity (Wildman–Crippen MR) is 75.7 cm³/mol. The third kappa shape index (κ3) is 1.91. The molecule has 0 spiro atoms. The maximum atomic E-state index is 11.2. The number of halogens is 1. The van der Waals surface area contributed by atoms with Crippen LogP contribution in [0.15, 0.2) is 54.6 Å². The van der Waals surface area contributed by atoms with E-state index in [2.05, 4.69) is 0 Å². The fourth-order valence-electron chi connectivity index (χ4n) is 2.15. The number of carboxylic acids is 1. The highest BCUT2D eigenvalue weighted by molar-refractivity contribution is 6.08. The van der Waals surface area contributed by atoms with Gasteiger partial charge in [-0.2, -0.15) is 0 Å². The molecule has 0 saturated carbocycles. The van der Waals surface area contributed by atoms with Crippen molar-refractivity contribution in [2.75, 3.05) is 0 Å². The molecule has 0 amide bonds. The first-order valence-corrected chi connectivity index (χ1v) is 5.40. The molecular formula is C15H11ClO2. The molecule has 0 radical (unpaired) electrons. The molecule has 0 bridgehead atoms. The Kier molecular flexibility index (Phi) is 3.21. The lowest BCUT2D eigenvalue weighted by Crippen LogP contribution is -1.96. The normalized spacial score (nSPS) is 10.2. The van der Waals surface area contributed by atoms with Gasteiger partial charge in [0.2, 0.25) is 0 Å². The molecule has 1 N–H and O–H groups in total. The van der Waals surface area contributed by atoms with Crippen molar-refractivity contribution in [2.24, 2.45) is 0 Å². The van der Waals surface area contributed by atoms with Crippen LogP contribution in [-0.2, 0) is 0 Å². The second kappa shape index (κ2) is 4.67. The number of aromatic carboxylic acids is 1. The van der Waals surface area contributed by atoms with Gasteiger partial charge < -0.3 is 5.11 Å². The quantitative estimate of drug-likeness (QED) is 0.667. The summed E-state index contributed by atoms with van der Waals surface area (Å²) in [6.45, 7) is 0. The Morgan fingerprint density at radius 3 is 2.11 bits per heavy atom. The van der Waals surface area contributed by atoms with Crippen LogP contribution in [0.25, 0.3) is 21.5 Å². The van der Waals surface area contributed by atoms with Crippen molar-refractivity contribution >= 4 is 39.9 Å². The van der Waals surface area contributed by atoms with Crippen LogP contribution in [0.1, 0.15) is 10.4 Å². The summed E-state index contributed by atoms with van der Waals surface area (Å²) in [4.78, 5) is 11.2. The van der Waals surface area contributed by atoms with Crippen molar-refractivity contribution in [3.8, 4) is 0 Å². The van der Waals surface area contributed by atoms with E-state index < -0.39 is 5.97 Å². The molecular weight excluding hydrogens is 248 g/mol. The van der Waals surface area contributed by atoms with Gasteiger partial charge in [-0.05, 0) is 39.7 Å². The summed E-state index contributed by atoms with van der Waals surface area (Å²) >= 11 is 0. The van der Waals surface area contributed by atoms with Crippen LogP contribution in [0, 0.1) is 0 Å². The molecule has 0 aromatic heterocycles. The molecule has 3 aromatic carbocycles. The minimum atomic E-state index is -0.883. The molecule has 0 heterocycles. The summed E-state index contributed by atoms with van der Waals surface area (Å²) in [6, 6.07) is 17.3. The number of hydrogen-bond donors (Lipinski definition) is 1. The molecule has 3 heteroatoms. The predicted octanol–water partition coefficient (Wildman–Crippen LogP) is 4.11. The van der Waals surface area contributed by atoms with Crippen LogP contribution in [0.3, 0.4) is 0 Å². The summed E-state index contributed by atoms with van der Waals surface area (Å²) in [5, 5.41) is 13.1. The average Bonchev–Trinajstić information content (AvgIpc) is 2.35. The van der Waals surface area contributed by atoms with Gasteiger partial charge in [0.1, 0.15) is 0 Å². The van der Waals surface area contributed by atoms with Gasteiger partial charge in [0.25, 0.3) is 0 Å². The van der Waals surface area contributed by atoms with E-state index in [1.54, 1.807) is 12.1 Å². The third-order valence-electron chi connectivity index (χ3n) is 2.98. The summed E-state index contributed by atoms with van der Waals surface area (Å²) in [7, 11) is 0. The number of benzene rings is 3. The van der Waals surface area contributed by atoms with Crippen molar-refractivity contribution in [3.63, 3.8) is 0 Å². The number of carbonyl (C=O) groups is 1. The van der Waals surface area contributed by atoms with Crippen LogP contribution in [0.4, 0.5) is 0 Å². The van der Waals surface area contributed by atoms with Gasteiger partial charge in [0, 0.05) is 0 Å². The van der Waals surface area contributed by atoms with Crippen molar-refractivity contribution in [2.45, 2.75) is 0 Å². The van der Waals surface area contributed by atoms with Gasteiger partial charge >= 0.3 is 5.97 Å². The lowest BCUT2D eigenvalue weighted by molar-refractivity contribution is 0.0699.